The summed E-state index contributed by atoms with van der Waals surface area (Å²) in [5, 5.41) is 3.56. The van der Waals surface area contributed by atoms with Crippen LogP contribution in [0.25, 0.3) is 0 Å². The normalized spacial score (nSPS) is 12.0. The molecule has 0 fully saturated rings. The third kappa shape index (κ3) is 4.82. The van der Waals surface area contributed by atoms with Gasteiger partial charge in [-0.25, -0.2) is 0 Å². The predicted molar refractivity (Wildman–Crippen MR) is 90.5 cm³/mol. The van der Waals surface area contributed by atoms with Crippen LogP contribution in [0.4, 0.5) is 5.69 Å². The zero-order valence-corrected chi connectivity index (χ0v) is 14.4. The van der Waals surface area contributed by atoms with E-state index < -0.39 is 0 Å². The van der Waals surface area contributed by atoms with Crippen LogP contribution in [-0.4, -0.2) is 18.6 Å². The summed E-state index contributed by atoms with van der Waals surface area (Å²) < 4.78 is 0. The number of rotatable bonds is 6. The van der Waals surface area contributed by atoms with Crippen molar-refractivity contribution in [3.8, 4) is 0 Å². The molecule has 1 rings (SSSR count). The van der Waals surface area contributed by atoms with Crippen LogP contribution in [0.2, 0.25) is 0 Å². The van der Waals surface area contributed by atoms with Gasteiger partial charge in [-0.2, -0.15) is 0 Å². The topological polar surface area (TPSA) is 15.3 Å². The average molecular weight is 276 g/mol. The minimum absolute atomic E-state index is 0.164. The van der Waals surface area contributed by atoms with E-state index in [2.05, 4.69) is 77.0 Å². The second kappa shape index (κ2) is 7.12. The first kappa shape index (κ1) is 17.0. The van der Waals surface area contributed by atoms with Crippen molar-refractivity contribution < 1.29 is 0 Å². The van der Waals surface area contributed by atoms with Gasteiger partial charge in [-0.05, 0) is 63.8 Å². The van der Waals surface area contributed by atoms with Crippen molar-refractivity contribution in [3.05, 3.63) is 29.3 Å². The van der Waals surface area contributed by atoms with Crippen molar-refractivity contribution in [1.82, 2.24) is 5.32 Å². The highest BCUT2D eigenvalue weighted by Crippen LogP contribution is 2.22. The lowest BCUT2D eigenvalue weighted by molar-refractivity contribution is 0.424. The molecule has 0 aliphatic rings. The maximum Gasteiger partial charge on any atom is 0.0368 e. The highest BCUT2D eigenvalue weighted by molar-refractivity contribution is 5.51. The molecule has 2 heteroatoms. The van der Waals surface area contributed by atoms with Gasteiger partial charge in [-0.3, -0.25) is 0 Å². The van der Waals surface area contributed by atoms with Gasteiger partial charge < -0.3 is 10.2 Å². The molecule has 20 heavy (non-hydrogen) atoms. The van der Waals surface area contributed by atoms with Crippen molar-refractivity contribution >= 4 is 5.69 Å². The van der Waals surface area contributed by atoms with Gasteiger partial charge in [0.25, 0.3) is 0 Å². The Kier molecular flexibility index (Phi) is 6.07. The Morgan fingerprint density at radius 1 is 1.15 bits per heavy atom. The van der Waals surface area contributed by atoms with E-state index in [0.717, 1.165) is 6.54 Å². The highest BCUT2D eigenvalue weighted by atomic mass is 15.1. The fraction of sp³-hybridized carbons (Fsp3) is 0.667. The van der Waals surface area contributed by atoms with Gasteiger partial charge in [0, 0.05) is 30.9 Å². The molecule has 0 atom stereocenters. The standard InChI is InChI=1S/C18H32N2/c1-8-16(9-2)20(7)17-11-10-15(14(3)12-17)13-19-18(4,5)6/h10-12,16,19H,8-9,13H2,1-7H3. The molecule has 0 aromatic heterocycles. The molecular formula is C18H32N2. The molecule has 1 aromatic carbocycles. The summed E-state index contributed by atoms with van der Waals surface area (Å²) in [6, 6.07) is 7.47. The number of anilines is 1. The number of hydrogen-bond donors (Lipinski definition) is 1. The van der Waals surface area contributed by atoms with Gasteiger partial charge in [0.15, 0.2) is 0 Å². The number of hydrogen-bond acceptors (Lipinski definition) is 2. The first-order valence-electron chi connectivity index (χ1n) is 7.85. The maximum atomic E-state index is 3.56. The van der Waals surface area contributed by atoms with E-state index in [1.165, 1.54) is 29.7 Å². The summed E-state index contributed by atoms with van der Waals surface area (Å²) in [7, 11) is 2.21. The lowest BCUT2D eigenvalue weighted by Gasteiger charge is -2.29. The quantitative estimate of drug-likeness (QED) is 0.822. The van der Waals surface area contributed by atoms with Gasteiger partial charge in [0.05, 0.1) is 0 Å². The fourth-order valence-electron chi connectivity index (χ4n) is 2.51. The Bertz CT molecular complexity index is 414. The van der Waals surface area contributed by atoms with E-state index in [1.807, 2.05) is 0 Å². The number of nitrogens with zero attached hydrogens (tertiary/aromatic N) is 1. The molecule has 0 saturated heterocycles. The number of benzene rings is 1. The SMILES string of the molecule is CCC(CC)N(C)c1ccc(CNC(C)(C)C)c(C)c1. The van der Waals surface area contributed by atoms with Gasteiger partial charge in [-0.15, -0.1) is 0 Å². The van der Waals surface area contributed by atoms with Crippen molar-refractivity contribution in [1.29, 1.82) is 0 Å². The van der Waals surface area contributed by atoms with Crippen LogP contribution in [0.1, 0.15) is 58.6 Å². The molecule has 2 nitrogen and oxygen atoms in total. The highest BCUT2D eigenvalue weighted by Gasteiger charge is 2.13. The van der Waals surface area contributed by atoms with Crippen LogP contribution in [0.5, 0.6) is 0 Å². The summed E-state index contributed by atoms with van der Waals surface area (Å²) in [5.74, 6) is 0. The van der Waals surface area contributed by atoms with Gasteiger partial charge in [-0.1, -0.05) is 19.9 Å². The van der Waals surface area contributed by atoms with Crippen LogP contribution in [-0.2, 0) is 6.54 Å². The lowest BCUT2D eigenvalue weighted by atomic mass is 10.0. The van der Waals surface area contributed by atoms with E-state index in [0.29, 0.717) is 6.04 Å². The van der Waals surface area contributed by atoms with Gasteiger partial charge in [0.1, 0.15) is 0 Å². The number of nitrogens with one attached hydrogen (secondary N) is 1. The molecule has 0 spiro atoms. The zero-order chi connectivity index (χ0) is 15.3. The zero-order valence-electron chi connectivity index (χ0n) is 14.4. The lowest BCUT2D eigenvalue weighted by Crippen LogP contribution is -2.35. The molecule has 0 unspecified atom stereocenters. The summed E-state index contributed by atoms with van der Waals surface area (Å²) >= 11 is 0. The monoisotopic (exact) mass is 276 g/mol. The summed E-state index contributed by atoms with van der Waals surface area (Å²) in [4.78, 5) is 2.41. The average Bonchev–Trinajstić information content (AvgIpc) is 2.37. The molecule has 0 heterocycles. The summed E-state index contributed by atoms with van der Waals surface area (Å²) in [5.41, 5.74) is 4.26. The smallest absolute Gasteiger partial charge is 0.0368 e. The molecule has 0 amide bonds. The largest absolute Gasteiger partial charge is 0.372 e. The minimum atomic E-state index is 0.164. The van der Waals surface area contributed by atoms with E-state index in [1.54, 1.807) is 0 Å². The molecule has 114 valence electrons. The van der Waals surface area contributed by atoms with Crippen LogP contribution in [0, 0.1) is 6.92 Å². The molecule has 1 aromatic rings. The first-order chi connectivity index (χ1) is 9.28. The molecule has 0 radical (unpaired) electrons. The Balaban J connectivity index is 2.82. The Morgan fingerprint density at radius 3 is 2.20 bits per heavy atom. The molecule has 0 saturated carbocycles. The Labute approximate surface area is 125 Å². The number of aryl methyl sites for hydroxylation is 1. The predicted octanol–water partition coefficient (Wildman–Crippen LogP) is 4.51. The molecule has 1 N–H and O–H groups in total. The van der Waals surface area contributed by atoms with Crippen LogP contribution < -0.4 is 10.2 Å². The van der Waals surface area contributed by atoms with E-state index >= 15 is 0 Å². The fourth-order valence-corrected chi connectivity index (χ4v) is 2.51. The summed E-state index contributed by atoms with van der Waals surface area (Å²) in [6.45, 7) is 14.3. The van der Waals surface area contributed by atoms with Crippen LogP contribution in [0.15, 0.2) is 18.2 Å². The Morgan fingerprint density at radius 2 is 1.75 bits per heavy atom. The third-order valence-corrected chi connectivity index (χ3v) is 4.03. The second-order valence-corrected chi connectivity index (χ2v) is 6.80. The first-order valence-corrected chi connectivity index (χ1v) is 7.85. The van der Waals surface area contributed by atoms with E-state index in [9.17, 15) is 0 Å². The third-order valence-electron chi connectivity index (χ3n) is 4.03. The van der Waals surface area contributed by atoms with E-state index in [4.69, 9.17) is 0 Å². The van der Waals surface area contributed by atoms with Crippen LogP contribution in [0.3, 0.4) is 0 Å². The van der Waals surface area contributed by atoms with Crippen molar-refractivity contribution in [2.24, 2.45) is 0 Å². The van der Waals surface area contributed by atoms with Crippen molar-refractivity contribution in [2.75, 3.05) is 11.9 Å². The molecule has 0 bridgehead atoms. The van der Waals surface area contributed by atoms with Gasteiger partial charge >= 0.3 is 0 Å². The van der Waals surface area contributed by atoms with Crippen molar-refractivity contribution in [2.45, 2.75) is 72.5 Å². The molecular weight excluding hydrogens is 244 g/mol. The minimum Gasteiger partial charge on any atom is -0.372 e. The van der Waals surface area contributed by atoms with Crippen LogP contribution >= 0.6 is 0 Å². The maximum absolute atomic E-state index is 3.56. The molecule has 0 aliphatic carbocycles. The Hall–Kier alpha value is -1.02. The van der Waals surface area contributed by atoms with Gasteiger partial charge in [0.2, 0.25) is 0 Å². The van der Waals surface area contributed by atoms with E-state index in [-0.39, 0.29) is 5.54 Å². The summed E-state index contributed by atoms with van der Waals surface area (Å²) in [6.07, 6.45) is 2.39. The van der Waals surface area contributed by atoms with Crippen molar-refractivity contribution in [3.63, 3.8) is 0 Å². The second-order valence-electron chi connectivity index (χ2n) is 6.80. The molecule has 0 aliphatic heterocycles.